The van der Waals surface area contributed by atoms with Gasteiger partial charge >= 0.3 is 0 Å². The first-order valence-electron chi connectivity index (χ1n) is 8.59. The molecule has 0 bridgehead atoms. The lowest BCUT2D eigenvalue weighted by molar-refractivity contribution is 0.0482. The molecule has 2 aromatic rings. The SMILES string of the molecule is Cc1ccc(C(=O)NC2CC2)cc1N1C=CC=NC1OCc1cscn1. The number of benzene rings is 1. The summed E-state index contributed by atoms with van der Waals surface area (Å²) in [6.07, 6.45) is 7.16. The highest BCUT2D eigenvalue weighted by Gasteiger charge is 2.25. The number of aliphatic imine (C=N–C) groups is 1. The topological polar surface area (TPSA) is 66.8 Å². The molecule has 0 saturated heterocycles. The molecule has 1 aromatic heterocycles. The highest BCUT2D eigenvalue weighted by Crippen LogP contribution is 2.27. The number of hydrogen-bond donors (Lipinski definition) is 1. The van der Waals surface area contributed by atoms with Crippen molar-refractivity contribution in [2.24, 2.45) is 4.99 Å². The van der Waals surface area contributed by atoms with Gasteiger partial charge in [0.15, 0.2) is 0 Å². The van der Waals surface area contributed by atoms with Gasteiger partial charge in [0.05, 0.1) is 17.8 Å². The zero-order valence-electron chi connectivity index (χ0n) is 14.5. The summed E-state index contributed by atoms with van der Waals surface area (Å²) in [6.45, 7) is 2.40. The first-order chi connectivity index (χ1) is 12.7. The maximum absolute atomic E-state index is 12.4. The zero-order valence-corrected chi connectivity index (χ0v) is 15.3. The van der Waals surface area contributed by atoms with Crippen LogP contribution in [0.5, 0.6) is 0 Å². The summed E-state index contributed by atoms with van der Waals surface area (Å²) in [5.41, 5.74) is 5.28. The summed E-state index contributed by atoms with van der Waals surface area (Å²) in [5.74, 6) is -0.0295. The summed E-state index contributed by atoms with van der Waals surface area (Å²) in [7, 11) is 0. The van der Waals surface area contributed by atoms with E-state index in [9.17, 15) is 4.79 Å². The van der Waals surface area contributed by atoms with Gasteiger partial charge in [-0.3, -0.25) is 4.79 Å². The smallest absolute Gasteiger partial charge is 0.251 e. The molecule has 4 rings (SSSR count). The number of aromatic nitrogens is 1. The van der Waals surface area contributed by atoms with Gasteiger partial charge in [-0.25, -0.2) is 9.98 Å². The molecule has 1 unspecified atom stereocenters. The number of hydrogen-bond acceptors (Lipinski definition) is 6. The van der Waals surface area contributed by atoms with Gasteiger partial charge in [0.1, 0.15) is 0 Å². The van der Waals surface area contributed by atoms with Gasteiger partial charge in [-0.05, 0) is 43.5 Å². The molecule has 2 aliphatic rings. The van der Waals surface area contributed by atoms with Crippen LogP contribution in [0.15, 0.2) is 46.4 Å². The maximum atomic E-state index is 12.4. The number of allylic oxidation sites excluding steroid dienone is 1. The van der Waals surface area contributed by atoms with Crippen molar-refractivity contribution in [3.8, 4) is 0 Å². The molecule has 6 nitrogen and oxygen atoms in total. The molecule has 1 N–H and O–H groups in total. The minimum absolute atomic E-state index is 0.0295. The number of ether oxygens (including phenoxy) is 1. The van der Waals surface area contributed by atoms with Gasteiger partial charge in [-0.1, -0.05) is 6.07 Å². The van der Waals surface area contributed by atoms with E-state index in [4.69, 9.17) is 4.74 Å². The minimum atomic E-state index is -0.484. The summed E-state index contributed by atoms with van der Waals surface area (Å²) >= 11 is 1.54. The van der Waals surface area contributed by atoms with E-state index >= 15 is 0 Å². The van der Waals surface area contributed by atoms with Crippen molar-refractivity contribution < 1.29 is 9.53 Å². The average molecular weight is 368 g/mol. The summed E-state index contributed by atoms with van der Waals surface area (Å²) < 4.78 is 5.94. The van der Waals surface area contributed by atoms with Crippen LogP contribution in [0.25, 0.3) is 0 Å². The minimum Gasteiger partial charge on any atom is -0.349 e. The van der Waals surface area contributed by atoms with Crippen LogP contribution in [-0.2, 0) is 11.3 Å². The number of aryl methyl sites for hydroxylation is 1. The van der Waals surface area contributed by atoms with E-state index in [1.54, 1.807) is 11.7 Å². The van der Waals surface area contributed by atoms with Gasteiger partial charge in [-0.15, -0.1) is 11.3 Å². The van der Waals surface area contributed by atoms with Gasteiger partial charge in [0.25, 0.3) is 5.91 Å². The fourth-order valence-corrected chi connectivity index (χ4v) is 3.26. The second-order valence-electron chi connectivity index (χ2n) is 6.41. The molecule has 26 heavy (non-hydrogen) atoms. The van der Waals surface area contributed by atoms with Crippen LogP contribution >= 0.6 is 11.3 Å². The Bertz CT molecular complexity index is 843. The van der Waals surface area contributed by atoms with Gasteiger partial charge in [0, 0.05) is 35.1 Å². The van der Waals surface area contributed by atoms with Gasteiger partial charge in [-0.2, -0.15) is 0 Å². The molecule has 2 heterocycles. The lowest BCUT2D eigenvalue weighted by Crippen LogP contribution is -2.34. The third-order valence-corrected chi connectivity index (χ3v) is 4.95. The van der Waals surface area contributed by atoms with Crippen LogP contribution < -0.4 is 10.2 Å². The summed E-state index contributed by atoms with van der Waals surface area (Å²) in [6, 6.07) is 6.05. The second-order valence-corrected chi connectivity index (χ2v) is 7.13. The van der Waals surface area contributed by atoms with E-state index in [2.05, 4.69) is 15.3 Å². The van der Waals surface area contributed by atoms with Crippen LogP contribution in [0.4, 0.5) is 5.69 Å². The van der Waals surface area contributed by atoms with Crippen LogP contribution in [0.3, 0.4) is 0 Å². The fourth-order valence-electron chi connectivity index (χ4n) is 2.72. The lowest BCUT2D eigenvalue weighted by Gasteiger charge is -2.30. The third kappa shape index (κ3) is 3.84. The predicted octanol–water partition coefficient (Wildman–Crippen LogP) is 3.25. The molecule has 1 amide bonds. The van der Waals surface area contributed by atoms with E-state index in [1.807, 2.05) is 47.7 Å². The van der Waals surface area contributed by atoms with E-state index in [0.29, 0.717) is 18.2 Å². The molecule has 1 aliphatic carbocycles. The molecule has 1 atom stereocenters. The van der Waals surface area contributed by atoms with Crippen LogP contribution in [-0.4, -0.2) is 29.5 Å². The Hall–Kier alpha value is -2.51. The molecule has 1 saturated carbocycles. The van der Waals surface area contributed by atoms with Crippen LogP contribution in [0.1, 0.15) is 34.5 Å². The number of thiazole rings is 1. The lowest BCUT2D eigenvalue weighted by atomic mass is 10.1. The zero-order chi connectivity index (χ0) is 17.9. The summed E-state index contributed by atoms with van der Waals surface area (Å²) in [4.78, 5) is 23.0. The summed E-state index contributed by atoms with van der Waals surface area (Å²) in [5, 5.41) is 4.99. The standard InChI is InChI=1S/C19H20N4O2S/c1-13-3-4-14(18(24)22-15-5-6-15)9-17(13)23-8-2-7-20-19(23)25-10-16-11-26-12-21-16/h2-4,7-9,11-12,15,19H,5-6,10H2,1H3,(H,22,24). The number of carbonyl (C=O) groups is 1. The van der Waals surface area contributed by atoms with Crippen molar-refractivity contribution in [2.45, 2.75) is 38.8 Å². The molecule has 134 valence electrons. The molecular formula is C19H20N4O2S. The van der Waals surface area contributed by atoms with E-state index in [1.165, 1.54) is 11.3 Å². The van der Waals surface area contributed by atoms with Crippen molar-refractivity contribution in [2.75, 3.05) is 4.90 Å². The molecule has 7 heteroatoms. The Morgan fingerprint density at radius 2 is 2.31 bits per heavy atom. The monoisotopic (exact) mass is 368 g/mol. The van der Waals surface area contributed by atoms with E-state index < -0.39 is 6.35 Å². The number of nitrogens with zero attached hydrogens (tertiary/aromatic N) is 3. The van der Waals surface area contributed by atoms with Crippen LogP contribution in [0.2, 0.25) is 0 Å². The Morgan fingerprint density at radius 1 is 1.42 bits per heavy atom. The molecule has 1 fully saturated rings. The van der Waals surface area contributed by atoms with E-state index in [-0.39, 0.29) is 5.91 Å². The molecule has 0 radical (unpaired) electrons. The number of nitrogens with one attached hydrogen (secondary N) is 1. The van der Waals surface area contributed by atoms with Crippen molar-refractivity contribution in [1.29, 1.82) is 0 Å². The molecule has 0 spiro atoms. The molecule has 1 aliphatic heterocycles. The third-order valence-electron chi connectivity index (χ3n) is 4.31. The number of anilines is 1. The number of amides is 1. The number of carbonyl (C=O) groups excluding carboxylic acids is 1. The average Bonchev–Trinajstić information content (AvgIpc) is 3.31. The Morgan fingerprint density at radius 3 is 3.08 bits per heavy atom. The Balaban J connectivity index is 1.54. The quantitative estimate of drug-likeness (QED) is 0.850. The highest BCUT2D eigenvalue weighted by molar-refractivity contribution is 7.07. The Kier molecular flexibility index (Phi) is 4.81. The van der Waals surface area contributed by atoms with Crippen molar-refractivity contribution in [1.82, 2.24) is 10.3 Å². The van der Waals surface area contributed by atoms with Crippen molar-refractivity contribution >= 4 is 29.1 Å². The van der Waals surface area contributed by atoms with Gasteiger partial charge in [0.2, 0.25) is 6.35 Å². The molecular weight excluding hydrogens is 348 g/mol. The predicted molar refractivity (Wildman–Crippen MR) is 102 cm³/mol. The van der Waals surface area contributed by atoms with Crippen molar-refractivity contribution in [3.05, 3.63) is 58.2 Å². The van der Waals surface area contributed by atoms with E-state index in [0.717, 1.165) is 29.8 Å². The normalized spacial score (nSPS) is 19.0. The van der Waals surface area contributed by atoms with Crippen LogP contribution in [0, 0.1) is 6.92 Å². The second kappa shape index (κ2) is 7.39. The first-order valence-corrected chi connectivity index (χ1v) is 9.53. The van der Waals surface area contributed by atoms with Gasteiger partial charge < -0.3 is 15.0 Å². The fraction of sp³-hybridized carbons (Fsp3) is 0.316. The maximum Gasteiger partial charge on any atom is 0.251 e. The largest absolute Gasteiger partial charge is 0.349 e. The van der Waals surface area contributed by atoms with Crippen molar-refractivity contribution in [3.63, 3.8) is 0 Å². The highest BCUT2D eigenvalue weighted by atomic mass is 32.1. The molecule has 1 aromatic carbocycles. The first kappa shape index (κ1) is 16.9. The Labute approximate surface area is 156 Å². The number of rotatable bonds is 6.